The highest BCUT2D eigenvalue weighted by atomic mass is 127. The molecule has 0 N–H and O–H groups in total. The van der Waals surface area contributed by atoms with Crippen molar-refractivity contribution in [2.75, 3.05) is 7.11 Å². The van der Waals surface area contributed by atoms with Crippen molar-refractivity contribution in [3.63, 3.8) is 0 Å². The number of hydrogen-bond acceptors (Lipinski definition) is 3. The van der Waals surface area contributed by atoms with Crippen molar-refractivity contribution in [3.05, 3.63) is 21.0 Å². The smallest absolute Gasteiger partial charge is 0.274 e. The zero-order valence-corrected chi connectivity index (χ0v) is 10.3. The van der Waals surface area contributed by atoms with Crippen molar-refractivity contribution < 1.29 is 18.3 Å². The van der Waals surface area contributed by atoms with Crippen LogP contribution in [0, 0.1) is 3.57 Å². The van der Waals surface area contributed by atoms with Crippen LogP contribution in [0.1, 0.15) is 22.5 Å². The summed E-state index contributed by atoms with van der Waals surface area (Å²) in [4.78, 5) is 14.4. The zero-order chi connectivity index (χ0) is 11.6. The normalized spacial score (nSPS) is 10.5. The molecule has 1 aromatic heterocycles. The van der Waals surface area contributed by atoms with Gasteiger partial charge in [-0.05, 0) is 34.2 Å². The van der Waals surface area contributed by atoms with Crippen molar-refractivity contribution in [2.45, 2.75) is 6.43 Å². The lowest BCUT2D eigenvalue weighted by molar-refractivity contribution is 0.107. The second kappa shape index (κ2) is 5.02. The molecule has 82 valence electrons. The van der Waals surface area contributed by atoms with E-state index in [9.17, 15) is 13.6 Å². The van der Waals surface area contributed by atoms with Crippen LogP contribution in [-0.4, -0.2) is 17.3 Å². The van der Waals surface area contributed by atoms with Crippen LogP contribution in [-0.2, 0) is 0 Å². The molecule has 1 aromatic rings. The molecule has 0 saturated heterocycles. The summed E-state index contributed by atoms with van der Waals surface area (Å²) in [6.45, 7) is 0. The van der Waals surface area contributed by atoms with E-state index in [0.29, 0.717) is 0 Å². The summed E-state index contributed by atoms with van der Waals surface area (Å²) in [7, 11) is 1.26. The van der Waals surface area contributed by atoms with Gasteiger partial charge in [-0.2, -0.15) is 0 Å². The highest BCUT2D eigenvalue weighted by molar-refractivity contribution is 14.1. The van der Waals surface area contributed by atoms with Crippen LogP contribution in [0.2, 0.25) is 0 Å². The molecule has 1 heterocycles. The van der Waals surface area contributed by atoms with Crippen molar-refractivity contribution in [2.24, 2.45) is 0 Å². The fourth-order valence-electron chi connectivity index (χ4n) is 0.963. The number of carbonyl (C=O) groups is 1. The Morgan fingerprint density at radius 2 is 2.27 bits per heavy atom. The van der Waals surface area contributed by atoms with Gasteiger partial charge in [0.25, 0.3) is 11.7 Å². The fraction of sp³-hybridized carbons (Fsp3) is 0.250. The van der Waals surface area contributed by atoms with Gasteiger partial charge in [-0.3, -0.25) is 4.79 Å². The monoisotopic (exact) mass is 347 g/mol. The van der Waals surface area contributed by atoms with E-state index in [4.69, 9.17) is 16.3 Å². The zero-order valence-electron chi connectivity index (χ0n) is 7.43. The molecule has 0 atom stereocenters. The molecule has 0 aliphatic heterocycles. The van der Waals surface area contributed by atoms with Gasteiger partial charge in [0.05, 0.1) is 16.2 Å². The third-order valence-electron chi connectivity index (χ3n) is 1.63. The lowest BCUT2D eigenvalue weighted by atomic mass is 10.2. The molecule has 0 fully saturated rings. The number of pyridine rings is 1. The Morgan fingerprint density at radius 1 is 1.67 bits per heavy atom. The van der Waals surface area contributed by atoms with Gasteiger partial charge in [-0.1, -0.05) is 0 Å². The minimum Gasteiger partial charge on any atom is -0.493 e. The van der Waals surface area contributed by atoms with Crippen LogP contribution >= 0.6 is 34.2 Å². The van der Waals surface area contributed by atoms with Gasteiger partial charge in [0.2, 0.25) is 0 Å². The Kier molecular flexibility index (Phi) is 4.21. The Bertz CT molecular complexity index is 400. The number of carbonyl (C=O) groups excluding carboxylic acids is 1. The summed E-state index contributed by atoms with van der Waals surface area (Å²) in [5.41, 5.74) is -0.443. The number of hydrogen-bond donors (Lipinski definition) is 0. The van der Waals surface area contributed by atoms with E-state index in [2.05, 4.69) is 4.98 Å². The first-order valence-corrected chi connectivity index (χ1v) is 5.15. The number of methoxy groups -OCH3 is 1. The minimum atomic E-state index is -2.67. The largest absolute Gasteiger partial charge is 0.493 e. The number of nitrogens with zero attached hydrogens (tertiary/aromatic N) is 1. The molecule has 0 aromatic carbocycles. The SMILES string of the molecule is COc1c(C(=O)Cl)ncc(C(F)F)c1I. The summed E-state index contributed by atoms with van der Waals surface area (Å²) in [6.07, 6.45) is -1.75. The highest BCUT2D eigenvalue weighted by Gasteiger charge is 2.21. The number of aromatic nitrogens is 1. The standard InChI is InChI=1S/C8H5ClF2INO2/c1-15-6-4(12)3(8(10)11)2-13-5(6)7(9)14/h2,8H,1H3. The number of ether oxygens (including phenoxy) is 1. The third-order valence-corrected chi connectivity index (χ3v) is 2.92. The van der Waals surface area contributed by atoms with Gasteiger partial charge in [-0.25, -0.2) is 13.8 Å². The minimum absolute atomic E-state index is 0.0200. The quantitative estimate of drug-likeness (QED) is 0.623. The van der Waals surface area contributed by atoms with Crippen molar-refractivity contribution in [1.82, 2.24) is 4.98 Å². The Hall–Kier alpha value is -0.500. The molecule has 0 spiro atoms. The van der Waals surface area contributed by atoms with Crippen LogP contribution in [0.25, 0.3) is 0 Å². The fourth-order valence-corrected chi connectivity index (χ4v) is 1.95. The van der Waals surface area contributed by atoms with E-state index < -0.39 is 11.7 Å². The average molecular weight is 347 g/mol. The van der Waals surface area contributed by atoms with E-state index >= 15 is 0 Å². The second-order valence-corrected chi connectivity index (χ2v) is 3.91. The predicted molar refractivity (Wildman–Crippen MR) is 58.6 cm³/mol. The molecule has 0 radical (unpaired) electrons. The number of rotatable bonds is 3. The van der Waals surface area contributed by atoms with Crippen molar-refractivity contribution >= 4 is 39.4 Å². The first-order chi connectivity index (χ1) is 6.99. The molecule has 0 amide bonds. The summed E-state index contributed by atoms with van der Waals surface area (Å²) in [5, 5.41) is -0.842. The molecule has 0 bridgehead atoms. The topological polar surface area (TPSA) is 39.2 Å². The van der Waals surface area contributed by atoms with Crippen LogP contribution in [0.3, 0.4) is 0 Å². The molecular formula is C8H5ClF2INO2. The first kappa shape index (κ1) is 12.6. The maximum Gasteiger partial charge on any atom is 0.274 e. The van der Waals surface area contributed by atoms with Crippen LogP contribution < -0.4 is 4.74 Å². The summed E-state index contributed by atoms with van der Waals surface area (Å²) >= 11 is 6.88. The molecule has 0 aliphatic rings. The van der Waals surface area contributed by atoms with Gasteiger partial charge in [0.1, 0.15) is 0 Å². The van der Waals surface area contributed by atoms with Crippen molar-refractivity contribution in [3.8, 4) is 5.75 Å². The summed E-state index contributed by atoms with van der Waals surface area (Å²) < 4.78 is 29.9. The van der Waals surface area contributed by atoms with Crippen LogP contribution in [0.4, 0.5) is 8.78 Å². The molecular weight excluding hydrogens is 342 g/mol. The molecule has 7 heteroatoms. The Balaban J connectivity index is 3.39. The van der Waals surface area contributed by atoms with Crippen LogP contribution in [0.5, 0.6) is 5.75 Å². The van der Waals surface area contributed by atoms with Gasteiger partial charge in [0, 0.05) is 6.20 Å². The maximum absolute atomic E-state index is 12.5. The first-order valence-electron chi connectivity index (χ1n) is 3.69. The van der Waals surface area contributed by atoms with Gasteiger partial charge < -0.3 is 4.74 Å². The van der Waals surface area contributed by atoms with Gasteiger partial charge in [-0.15, -0.1) is 0 Å². The Labute approximate surface area is 103 Å². The molecule has 0 aliphatic carbocycles. The average Bonchev–Trinajstić information content (AvgIpc) is 2.16. The van der Waals surface area contributed by atoms with Crippen molar-refractivity contribution in [1.29, 1.82) is 0 Å². The molecule has 1 rings (SSSR count). The third kappa shape index (κ3) is 2.54. The lowest BCUT2D eigenvalue weighted by Crippen LogP contribution is -2.04. The number of halogens is 4. The molecule has 3 nitrogen and oxygen atoms in total. The Morgan fingerprint density at radius 3 is 2.67 bits per heavy atom. The van der Waals surface area contributed by atoms with E-state index in [1.54, 1.807) is 22.6 Å². The number of alkyl halides is 2. The van der Waals surface area contributed by atoms with E-state index in [1.165, 1.54) is 7.11 Å². The molecule has 0 unspecified atom stereocenters. The summed E-state index contributed by atoms with van der Waals surface area (Å²) in [6, 6.07) is 0. The predicted octanol–water partition coefficient (Wildman–Crippen LogP) is 3.01. The van der Waals surface area contributed by atoms with E-state index in [1.807, 2.05) is 0 Å². The van der Waals surface area contributed by atoms with E-state index in [-0.39, 0.29) is 20.6 Å². The highest BCUT2D eigenvalue weighted by Crippen LogP contribution is 2.32. The second-order valence-electron chi connectivity index (χ2n) is 2.48. The van der Waals surface area contributed by atoms with Gasteiger partial charge in [0.15, 0.2) is 11.4 Å². The summed E-state index contributed by atoms with van der Waals surface area (Å²) in [5.74, 6) is -0.0200. The van der Waals surface area contributed by atoms with Gasteiger partial charge >= 0.3 is 0 Å². The van der Waals surface area contributed by atoms with E-state index in [0.717, 1.165) is 6.20 Å². The van der Waals surface area contributed by atoms with Crippen LogP contribution in [0.15, 0.2) is 6.20 Å². The maximum atomic E-state index is 12.5. The lowest BCUT2D eigenvalue weighted by Gasteiger charge is -2.10. The molecule has 0 saturated carbocycles. The molecule has 15 heavy (non-hydrogen) atoms.